The molecule has 2 amide bonds. The van der Waals surface area contributed by atoms with Crippen LogP contribution in [0.3, 0.4) is 0 Å². The molecular weight excluding hydrogens is 472 g/mol. The lowest BCUT2D eigenvalue weighted by Crippen LogP contribution is -2.48. The summed E-state index contributed by atoms with van der Waals surface area (Å²) in [4.78, 5) is 39.6. The number of carboxylic acid groups (broad SMARTS) is 1. The first-order chi connectivity index (χ1) is 16.5. The minimum atomic E-state index is -1.05. The second-order valence-electron chi connectivity index (χ2n) is 8.08. The number of benzene rings is 2. The number of alkyl carbamates (subject to hydrolysis) is 1. The minimum Gasteiger partial charge on any atom is -0.480 e. The van der Waals surface area contributed by atoms with Crippen LogP contribution >= 0.6 is 23.1 Å². The molecule has 2 aromatic carbocycles. The molecule has 2 heterocycles. The van der Waals surface area contributed by atoms with E-state index in [0.29, 0.717) is 10.6 Å². The molecule has 1 aliphatic carbocycles. The summed E-state index contributed by atoms with van der Waals surface area (Å²) < 4.78 is 5.62. The zero-order chi connectivity index (χ0) is 23.7. The molecule has 0 saturated carbocycles. The lowest BCUT2D eigenvalue weighted by Gasteiger charge is -2.26. The van der Waals surface area contributed by atoms with Crippen molar-refractivity contribution in [3.8, 4) is 11.1 Å². The Kier molecular flexibility index (Phi) is 6.30. The molecule has 1 fully saturated rings. The van der Waals surface area contributed by atoms with Crippen molar-refractivity contribution in [2.45, 2.75) is 18.0 Å². The monoisotopic (exact) mass is 494 g/mol. The van der Waals surface area contributed by atoms with Gasteiger partial charge < -0.3 is 20.1 Å². The van der Waals surface area contributed by atoms with Crippen molar-refractivity contribution >= 4 is 41.1 Å². The predicted octanol–water partition coefficient (Wildman–Crippen LogP) is 4.31. The van der Waals surface area contributed by atoms with Gasteiger partial charge in [-0.15, -0.1) is 23.1 Å². The highest BCUT2D eigenvalue weighted by Crippen LogP contribution is 2.44. The number of aliphatic carboxylic acids is 1. The van der Waals surface area contributed by atoms with Crippen LogP contribution in [-0.4, -0.2) is 52.3 Å². The van der Waals surface area contributed by atoms with Crippen LogP contribution in [0.15, 0.2) is 66.0 Å². The summed E-state index contributed by atoms with van der Waals surface area (Å²) in [5.41, 5.74) is 4.46. The van der Waals surface area contributed by atoms with E-state index in [0.717, 1.165) is 22.3 Å². The van der Waals surface area contributed by atoms with Crippen molar-refractivity contribution in [3.05, 3.63) is 82.0 Å². The smallest absolute Gasteiger partial charge is 0.408 e. The fraction of sp³-hybridized carbons (Fsp3) is 0.240. The second kappa shape index (κ2) is 9.52. The SMILES string of the molecule is O=C(NC(C(=O)N1CSCC1C(=O)O)c1cccs1)OCC1c2ccccc2-c2ccccc21. The number of carbonyl (C=O) groups is 3. The number of carbonyl (C=O) groups excluding carboxylic acids is 2. The number of nitrogens with one attached hydrogen (secondary N) is 1. The average Bonchev–Trinajstić information content (AvgIpc) is 3.60. The fourth-order valence-corrected chi connectivity index (χ4v) is 6.42. The summed E-state index contributed by atoms with van der Waals surface area (Å²) in [6.45, 7) is 0.128. The van der Waals surface area contributed by atoms with E-state index in [1.807, 2.05) is 41.8 Å². The molecule has 34 heavy (non-hydrogen) atoms. The third-order valence-electron chi connectivity index (χ3n) is 6.13. The number of amides is 2. The Morgan fingerprint density at radius 2 is 1.71 bits per heavy atom. The third-order valence-corrected chi connectivity index (χ3v) is 8.08. The summed E-state index contributed by atoms with van der Waals surface area (Å²) in [6.07, 6.45) is -0.715. The van der Waals surface area contributed by atoms with Gasteiger partial charge >= 0.3 is 12.1 Å². The van der Waals surface area contributed by atoms with Crippen LogP contribution in [0.2, 0.25) is 0 Å². The third kappa shape index (κ3) is 4.17. The first kappa shape index (κ1) is 22.5. The molecule has 9 heteroatoms. The van der Waals surface area contributed by atoms with E-state index in [2.05, 4.69) is 17.4 Å². The molecule has 7 nitrogen and oxygen atoms in total. The fourth-order valence-electron chi connectivity index (χ4n) is 4.50. The van der Waals surface area contributed by atoms with Gasteiger partial charge in [0.2, 0.25) is 0 Å². The summed E-state index contributed by atoms with van der Waals surface area (Å²) in [6, 6.07) is 17.7. The Bertz CT molecular complexity index is 1180. The van der Waals surface area contributed by atoms with Crippen LogP contribution in [0.1, 0.15) is 28.0 Å². The summed E-state index contributed by atoms with van der Waals surface area (Å²) in [7, 11) is 0. The number of ether oxygens (including phenoxy) is 1. The van der Waals surface area contributed by atoms with Gasteiger partial charge in [-0.3, -0.25) is 4.79 Å². The number of hydrogen-bond acceptors (Lipinski definition) is 6. The maximum Gasteiger partial charge on any atom is 0.408 e. The number of carboxylic acids is 1. The largest absolute Gasteiger partial charge is 0.480 e. The molecule has 1 saturated heterocycles. The van der Waals surface area contributed by atoms with Gasteiger partial charge in [0.15, 0.2) is 0 Å². The van der Waals surface area contributed by atoms with Crippen LogP contribution in [0.5, 0.6) is 0 Å². The Balaban J connectivity index is 1.31. The molecule has 1 aromatic heterocycles. The number of thiophene rings is 1. The normalized spacial score (nSPS) is 17.6. The van der Waals surface area contributed by atoms with Gasteiger partial charge in [0, 0.05) is 16.5 Å². The van der Waals surface area contributed by atoms with Gasteiger partial charge in [-0.25, -0.2) is 9.59 Å². The van der Waals surface area contributed by atoms with E-state index in [-0.39, 0.29) is 18.4 Å². The summed E-state index contributed by atoms with van der Waals surface area (Å²) >= 11 is 2.70. The lowest BCUT2D eigenvalue weighted by molar-refractivity contribution is -0.148. The number of rotatable bonds is 6. The van der Waals surface area contributed by atoms with Gasteiger partial charge in [0.1, 0.15) is 18.7 Å². The van der Waals surface area contributed by atoms with Crippen LogP contribution in [0, 0.1) is 0 Å². The van der Waals surface area contributed by atoms with E-state index in [1.165, 1.54) is 28.0 Å². The summed E-state index contributed by atoms with van der Waals surface area (Å²) in [5.74, 6) is -1.01. The van der Waals surface area contributed by atoms with Gasteiger partial charge in [0.25, 0.3) is 5.91 Å². The topological polar surface area (TPSA) is 95.9 Å². The first-order valence-electron chi connectivity index (χ1n) is 10.8. The zero-order valence-corrected chi connectivity index (χ0v) is 19.7. The molecule has 2 unspecified atom stereocenters. The van der Waals surface area contributed by atoms with Crippen molar-refractivity contribution < 1.29 is 24.2 Å². The van der Waals surface area contributed by atoms with Crippen molar-refractivity contribution in [2.24, 2.45) is 0 Å². The maximum absolute atomic E-state index is 13.3. The predicted molar refractivity (Wildman–Crippen MR) is 131 cm³/mol. The molecule has 3 aromatic rings. The quantitative estimate of drug-likeness (QED) is 0.530. The Morgan fingerprint density at radius 1 is 1.03 bits per heavy atom. The van der Waals surface area contributed by atoms with E-state index >= 15 is 0 Å². The number of fused-ring (bicyclic) bond motifs is 3. The second-order valence-corrected chi connectivity index (χ2v) is 10.1. The highest BCUT2D eigenvalue weighted by molar-refractivity contribution is 7.99. The first-order valence-corrected chi connectivity index (χ1v) is 12.8. The van der Waals surface area contributed by atoms with Gasteiger partial charge in [-0.1, -0.05) is 54.6 Å². The Labute approximate surface area is 204 Å². The molecule has 2 N–H and O–H groups in total. The van der Waals surface area contributed by atoms with Crippen molar-refractivity contribution in [2.75, 3.05) is 18.2 Å². The number of hydrogen-bond donors (Lipinski definition) is 2. The molecule has 1 aliphatic heterocycles. The standard InChI is InChI=1S/C25H22N2O5S2/c28-23(27-14-33-13-20(27)24(29)30)22(21-10-5-11-34-21)26-25(31)32-12-19-17-8-3-1-6-15(17)16-7-2-4-9-18(16)19/h1-11,19-20,22H,12-14H2,(H,26,31)(H,29,30). The van der Waals surface area contributed by atoms with Crippen LogP contribution in [0.4, 0.5) is 4.79 Å². The summed E-state index contributed by atoms with van der Waals surface area (Å²) in [5, 5.41) is 14.0. The lowest BCUT2D eigenvalue weighted by atomic mass is 9.98. The molecule has 174 valence electrons. The average molecular weight is 495 g/mol. The van der Waals surface area contributed by atoms with E-state index in [1.54, 1.807) is 12.1 Å². The Hall–Kier alpha value is -3.30. The molecule has 0 radical (unpaired) electrons. The van der Waals surface area contributed by atoms with Crippen molar-refractivity contribution in [3.63, 3.8) is 0 Å². The van der Waals surface area contributed by atoms with Gasteiger partial charge in [-0.05, 0) is 33.7 Å². The van der Waals surface area contributed by atoms with E-state index in [4.69, 9.17) is 4.74 Å². The highest BCUT2D eigenvalue weighted by Gasteiger charge is 2.39. The van der Waals surface area contributed by atoms with Crippen LogP contribution in [0.25, 0.3) is 11.1 Å². The number of nitrogens with zero attached hydrogens (tertiary/aromatic N) is 1. The van der Waals surface area contributed by atoms with Crippen molar-refractivity contribution in [1.82, 2.24) is 10.2 Å². The van der Waals surface area contributed by atoms with Gasteiger partial charge in [0.05, 0.1) is 5.88 Å². The van der Waals surface area contributed by atoms with Crippen LogP contribution < -0.4 is 5.32 Å². The highest BCUT2D eigenvalue weighted by atomic mass is 32.2. The molecule has 0 bridgehead atoms. The molecule has 5 rings (SSSR count). The van der Waals surface area contributed by atoms with E-state index < -0.39 is 30.1 Å². The van der Waals surface area contributed by atoms with Crippen molar-refractivity contribution in [1.29, 1.82) is 0 Å². The molecule has 2 aliphatic rings. The van der Waals surface area contributed by atoms with E-state index in [9.17, 15) is 19.5 Å². The maximum atomic E-state index is 13.3. The number of thioether (sulfide) groups is 1. The zero-order valence-electron chi connectivity index (χ0n) is 18.0. The molecule has 0 spiro atoms. The molecular formula is C25H22N2O5S2. The minimum absolute atomic E-state index is 0.0968. The van der Waals surface area contributed by atoms with Crippen LogP contribution in [-0.2, 0) is 14.3 Å². The molecule has 2 atom stereocenters. The Morgan fingerprint density at radius 3 is 2.32 bits per heavy atom. The van der Waals surface area contributed by atoms with Gasteiger partial charge in [-0.2, -0.15) is 0 Å².